The Bertz CT molecular complexity index is 1130. The summed E-state index contributed by atoms with van der Waals surface area (Å²) in [5, 5.41) is 16.9. The van der Waals surface area contributed by atoms with Crippen LogP contribution >= 0.6 is 0 Å². The van der Waals surface area contributed by atoms with E-state index in [0.717, 1.165) is 18.4 Å². The first-order chi connectivity index (χ1) is 16.2. The zero-order chi connectivity index (χ0) is 24.9. The normalized spacial score (nSPS) is 23.4. The summed E-state index contributed by atoms with van der Waals surface area (Å²) in [7, 11) is -2.26. The van der Waals surface area contributed by atoms with E-state index in [1.165, 1.54) is 19.2 Å². The smallest absolute Gasteiger partial charge is 0.233 e. The van der Waals surface area contributed by atoms with Crippen LogP contribution in [0.4, 0.5) is 5.69 Å². The fourth-order valence-electron chi connectivity index (χ4n) is 4.92. The number of carbonyl (C=O) groups excluding carboxylic acids is 2. The van der Waals surface area contributed by atoms with Crippen LogP contribution in [0.15, 0.2) is 53.4 Å². The van der Waals surface area contributed by atoms with Gasteiger partial charge >= 0.3 is 0 Å². The SMILES string of the molecule is CCCC[C@]1(CC)CS(=O)(=O)c2ccc(NC(=O)CC(=O)NC)cc2C(c2ccccc2)[C@H]1O. The van der Waals surface area contributed by atoms with Gasteiger partial charge in [-0.3, -0.25) is 9.59 Å². The fourth-order valence-corrected chi connectivity index (χ4v) is 7.17. The highest BCUT2D eigenvalue weighted by atomic mass is 32.2. The van der Waals surface area contributed by atoms with Gasteiger partial charge in [-0.2, -0.15) is 0 Å². The van der Waals surface area contributed by atoms with Gasteiger partial charge in [-0.15, -0.1) is 0 Å². The van der Waals surface area contributed by atoms with E-state index in [1.807, 2.05) is 37.3 Å². The Labute approximate surface area is 201 Å². The molecule has 3 atom stereocenters. The number of hydrogen-bond donors (Lipinski definition) is 3. The summed E-state index contributed by atoms with van der Waals surface area (Å²) < 4.78 is 27.2. The van der Waals surface area contributed by atoms with Crippen LogP contribution in [0.2, 0.25) is 0 Å². The molecule has 0 saturated heterocycles. The number of amides is 2. The van der Waals surface area contributed by atoms with Crippen LogP contribution in [0, 0.1) is 5.41 Å². The van der Waals surface area contributed by atoms with Gasteiger partial charge in [-0.05, 0) is 42.2 Å². The summed E-state index contributed by atoms with van der Waals surface area (Å²) in [6, 6.07) is 14.1. The number of aliphatic hydroxyl groups is 1. The average molecular weight is 487 g/mol. The summed E-state index contributed by atoms with van der Waals surface area (Å²) in [6.45, 7) is 4.00. The average Bonchev–Trinajstić information content (AvgIpc) is 2.88. The molecule has 0 spiro atoms. The maximum absolute atomic E-state index is 13.6. The van der Waals surface area contributed by atoms with Crippen LogP contribution in [0.1, 0.15) is 63.0 Å². The molecule has 0 aliphatic carbocycles. The third-order valence-corrected chi connectivity index (χ3v) is 8.87. The van der Waals surface area contributed by atoms with Crippen molar-refractivity contribution in [2.45, 2.75) is 62.9 Å². The van der Waals surface area contributed by atoms with E-state index in [-0.39, 0.29) is 17.1 Å². The number of hydrogen-bond acceptors (Lipinski definition) is 5. The molecular weight excluding hydrogens is 452 g/mol. The summed E-state index contributed by atoms with van der Waals surface area (Å²) in [5.41, 5.74) is 0.866. The van der Waals surface area contributed by atoms with E-state index in [9.17, 15) is 23.1 Å². The summed E-state index contributed by atoms with van der Waals surface area (Å²) in [6.07, 6.45) is 1.58. The molecule has 184 valence electrons. The molecule has 8 heteroatoms. The number of rotatable bonds is 8. The zero-order valence-corrected chi connectivity index (χ0v) is 20.8. The van der Waals surface area contributed by atoms with Crippen LogP contribution in [0.3, 0.4) is 0 Å². The predicted octanol–water partition coefficient (Wildman–Crippen LogP) is 3.63. The highest BCUT2D eigenvalue weighted by Gasteiger charge is 2.48. The van der Waals surface area contributed by atoms with E-state index >= 15 is 0 Å². The summed E-state index contributed by atoms with van der Waals surface area (Å²) in [5.74, 6) is -1.63. The minimum Gasteiger partial charge on any atom is -0.392 e. The van der Waals surface area contributed by atoms with Crippen LogP contribution < -0.4 is 10.6 Å². The van der Waals surface area contributed by atoms with Gasteiger partial charge in [0.1, 0.15) is 6.42 Å². The summed E-state index contributed by atoms with van der Waals surface area (Å²) >= 11 is 0. The lowest BCUT2D eigenvalue weighted by molar-refractivity contribution is -0.126. The molecule has 7 nitrogen and oxygen atoms in total. The lowest BCUT2D eigenvalue weighted by Gasteiger charge is -2.39. The molecule has 0 aromatic heterocycles. The number of sulfone groups is 1. The molecule has 1 unspecified atom stereocenters. The fraction of sp³-hybridized carbons (Fsp3) is 0.462. The molecule has 2 aromatic carbocycles. The lowest BCUT2D eigenvalue weighted by Crippen LogP contribution is -2.42. The Kier molecular flexibility index (Phi) is 8.15. The molecule has 2 amide bonds. The van der Waals surface area contributed by atoms with Crippen molar-refractivity contribution in [3.8, 4) is 0 Å². The van der Waals surface area contributed by atoms with Gasteiger partial charge in [-0.1, -0.05) is 57.0 Å². The first-order valence-corrected chi connectivity index (χ1v) is 13.4. The van der Waals surface area contributed by atoms with E-state index in [0.29, 0.717) is 24.1 Å². The van der Waals surface area contributed by atoms with Gasteiger partial charge in [0.25, 0.3) is 0 Å². The minimum absolute atomic E-state index is 0.129. The standard InChI is InChI=1S/C26H34N2O5S/c1-4-6-14-26(5-2)17-34(32,33)21-13-12-19(28-23(30)16-22(29)27-3)15-20(21)24(25(26)31)18-10-8-7-9-11-18/h7-13,15,24-25,31H,4-6,14,16-17H2,1-3H3,(H,27,29)(H,28,30)/t24?,25-,26-/m1/s1. The highest BCUT2D eigenvalue weighted by Crippen LogP contribution is 2.49. The second-order valence-corrected chi connectivity index (χ2v) is 11.0. The van der Waals surface area contributed by atoms with Crippen molar-refractivity contribution in [2.75, 3.05) is 18.1 Å². The van der Waals surface area contributed by atoms with Gasteiger partial charge in [0.2, 0.25) is 11.8 Å². The van der Waals surface area contributed by atoms with Gasteiger partial charge in [0, 0.05) is 24.1 Å². The Balaban J connectivity index is 2.16. The molecule has 0 bridgehead atoms. The second-order valence-electron chi connectivity index (χ2n) is 9.06. The number of benzene rings is 2. The Morgan fingerprint density at radius 2 is 1.79 bits per heavy atom. The third-order valence-electron chi connectivity index (χ3n) is 6.88. The number of nitrogens with one attached hydrogen (secondary N) is 2. The van der Waals surface area contributed by atoms with Crippen molar-refractivity contribution in [3.05, 3.63) is 59.7 Å². The van der Waals surface area contributed by atoms with Crippen molar-refractivity contribution in [3.63, 3.8) is 0 Å². The number of fused-ring (bicyclic) bond motifs is 1. The Hall–Kier alpha value is -2.71. The molecule has 0 saturated carbocycles. The van der Waals surface area contributed by atoms with Crippen molar-refractivity contribution in [1.82, 2.24) is 5.32 Å². The lowest BCUT2D eigenvalue weighted by atomic mass is 9.69. The van der Waals surface area contributed by atoms with Gasteiger partial charge in [-0.25, -0.2) is 8.42 Å². The molecule has 2 aromatic rings. The van der Waals surface area contributed by atoms with Crippen LogP contribution in [-0.4, -0.2) is 44.2 Å². The molecule has 0 radical (unpaired) electrons. The van der Waals surface area contributed by atoms with E-state index in [4.69, 9.17) is 0 Å². The van der Waals surface area contributed by atoms with Gasteiger partial charge in [0.05, 0.1) is 16.8 Å². The topological polar surface area (TPSA) is 113 Å². The maximum atomic E-state index is 13.6. The number of anilines is 1. The van der Waals surface area contributed by atoms with E-state index < -0.39 is 39.1 Å². The van der Waals surface area contributed by atoms with Crippen LogP contribution in [0.25, 0.3) is 0 Å². The largest absolute Gasteiger partial charge is 0.392 e. The molecule has 34 heavy (non-hydrogen) atoms. The van der Waals surface area contributed by atoms with Crippen molar-refractivity contribution < 1.29 is 23.1 Å². The van der Waals surface area contributed by atoms with Crippen LogP contribution in [0.5, 0.6) is 0 Å². The van der Waals surface area contributed by atoms with Crippen LogP contribution in [-0.2, 0) is 19.4 Å². The van der Waals surface area contributed by atoms with Gasteiger partial charge < -0.3 is 15.7 Å². The predicted molar refractivity (Wildman–Crippen MR) is 132 cm³/mol. The molecule has 1 aliphatic heterocycles. The zero-order valence-electron chi connectivity index (χ0n) is 20.0. The number of unbranched alkanes of at least 4 members (excludes halogenated alkanes) is 1. The first-order valence-electron chi connectivity index (χ1n) is 11.8. The Morgan fingerprint density at radius 1 is 1.09 bits per heavy atom. The number of carbonyl (C=O) groups is 2. The molecular formula is C26H34N2O5S. The minimum atomic E-state index is -3.71. The monoisotopic (exact) mass is 486 g/mol. The highest BCUT2D eigenvalue weighted by molar-refractivity contribution is 7.91. The quantitative estimate of drug-likeness (QED) is 0.493. The summed E-state index contributed by atoms with van der Waals surface area (Å²) in [4.78, 5) is 24.0. The van der Waals surface area contributed by atoms with E-state index in [2.05, 4.69) is 17.6 Å². The molecule has 1 aliphatic rings. The Morgan fingerprint density at radius 3 is 2.41 bits per heavy atom. The van der Waals surface area contributed by atoms with Crippen molar-refractivity contribution in [2.24, 2.45) is 5.41 Å². The van der Waals surface area contributed by atoms with Crippen molar-refractivity contribution >= 4 is 27.3 Å². The first kappa shape index (κ1) is 25.9. The molecule has 0 fully saturated rings. The third kappa shape index (κ3) is 5.33. The molecule has 3 N–H and O–H groups in total. The number of aliphatic hydroxyl groups excluding tert-OH is 1. The maximum Gasteiger partial charge on any atom is 0.233 e. The molecule has 1 heterocycles. The second kappa shape index (κ2) is 10.7. The molecule has 3 rings (SSSR count). The van der Waals surface area contributed by atoms with Crippen molar-refractivity contribution in [1.29, 1.82) is 0 Å². The van der Waals surface area contributed by atoms with Gasteiger partial charge in [0.15, 0.2) is 9.84 Å². The van der Waals surface area contributed by atoms with E-state index in [1.54, 1.807) is 6.07 Å².